The molecular weight excluding hydrogens is 252 g/mol. The minimum absolute atomic E-state index is 0.0829. The summed E-state index contributed by atoms with van der Waals surface area (Å²) in [7, 11) is 0. The number of amides is 2. The topological polar surface area (TPSA) is 72.2 Å². The molecule has 0 spiro atoms. The van der Waals surface area contributed by atoms with E-state index in [0.717, 1.165) is 11.3 Å². The molecule has 2 amide bonds. The Bertz CT molecular complexity index is 462. The molecule has 1 aromatic rings. The Labute approximate surface area is 119 Å². The molecule has 3 N–H and O–H groups in total. The Balaban J connectivity index is 1.82. The van der Waals surface area contributed by atoms with Gasteiger partial charge >= 0.3 is 0 Å². The van der Waals surface area contributed by atoms with E-state index in [-0.39, 0.29) is 18.2 Å². The van der Waals surface area contributed by atoms with Crippen molar-refractivity contribution in [1.29, 1.82) is 0 Å². The maximum atomic E-state index is 12.0. The number of anilines is 1. The molecule has 20 heavy (non-hydrogen) atoms. The van der Waals surface area contributed by atoms with Crippen molar-refractivity contribution in [3.63, 3.8) is 0 Å². The number of benzene rings is 1. The van der Waals surface area contributed by atoms with E-state index in [1.165, 1.54) is 32.1 Å². The first kappa shape index (κ1) is 14.6. The molecule has 1 aliphatic rings. The largest absolute Gasteiger partial charge is 0.369 e. The summed E-state index contributed by atoms with van der Waals surface area (Å²) in [6.07, 6.45) is 6.99. The standard InChI is InChI=1S/C16H22N2O2/c17-15(19)10-13-6-8-14(9-7-13)18-16(20)11-12-4-2-1-3-5-12/h6-9,12H,1-5,10-11H2,(H2,17,19)(H,18,20). The summed E-state index contributed by atoms with van der Waals surface area (Å²) >= 11 is 0. The van der Waals surface area contributed by atoms with Crippen LogP contribution in [0.4, 0.5) is 5.69 Å². The van der Waals surface area contributed by atoms with Crippen LogP contribution in [0.25, 0.3) is 0 Å². The average molecular weight is 274 g/mol. The molecule has 1 fully saturated rings. The Hall–Kier alpha value is -1.84. The molecule has 0 atom stereocenters. The van der Waals surface area contributed by atoms with Gasteiger partial charge in [-0.1, -0.05) is 31.4 Å². The average Bonchev–Trinajstić information content (AvgIpc) is 2.41. The van der Waals surface area contributed by atoms with Crippen molar-refractivity contribution < 1.29 is 9.59 Å². The van der Waals surface area contributed by atoms with Crippen LogP contribution in [0.3, 0.4) is 0 Å². The van der Waals surface area contributed by atoms with Gasteiger partial charge in [0.25, 0.3) is 0 Å². The summed E-state index contributed by atoms with van der Waals surface area (Å²) in [5.41, 5.74) is 6.78. The molecule has 1 aromatic carbocycles. The molecule has 4 heteroatoms. The van der Waals surface area contributed by atoms with Crippen molar-refractivity contribution in [3.05, 3.63) is 29.8 Å². The highest BCUT2D eigenvalue weighted by Crippen LogP contribution is 2.26. The first-order chi connectivity index (χ1) is 9.63. The van der Waals surface area contributed by atoms with Gasteiger partial charge in [0.15, 0.2) is 0 Å². The van der Waals surface area contributed by atoms with Crippen LogP contribution < -0.4 is 11.1 Å². The van der Waals surface area contributed by atoms with Crippen molar-refractivity contribution in [3.8, 4) is 0 Å². The van der Waals surface area contributed by atoms with Gasteiger partial charge in [0.1, 0.15) is 0 Å². The molecule has 1 saturated carbocycles. The predicted molar refractivity (Wildman–Crippen MR) is 79.2 cm³/mol. The van der Waals surface area contributed by atoms with Crippen molar-refractivity contribution in [2.24, 2.45) is 11.7 Å². The van der Waals surface area contributed by atoms with Crippen molar-refractivity contribution >= 4 is 17.5 Å². The molecule has 0 heterocycles. The normalized spacial score (nSPS) is 15.8. The van der Waals surface area contributed by atoms with Crippen LogP contribution >= 0.6 is 0 Å². The molecule has 0 saturated heterocycles. The fraction of sp³-hybridized carbons (Fsp3) is 0.500. The molecular formula is C16H22N2O2. The number of carbonyl (C=O) groups excluding carboxylic acids is 2. The van der Waals surface area contributed by atoms with Crippen molar-refractivity contribution in [2.75, 3.05) is 5.32 Å². The fourth-order valence-corrected chi connectivity index (χ4v) is 2.77. The van der Waals surface area contributed by atoms with E-state index in [2.05, 4.69) is 5.32 Å². The fourth-order valence-electron chi connectivity index (χ4n) is 2.77. The van der Waals surface area contributed by atoms with Gasteiger partial charge in [-0.2, -0.15) is 0 Å². The predicted octanol–water partition coefficient (Wildman–Crippen LogP) is 2.62. The molecule has 108 valence electrons. The zero-order chi connectivity index (χ0) is 14.4. The summed E-state index contributed by atoms with van der Waals surface area (Å²) in [4.78, 5) is 22.8. The number of hydrogen-bond acceptors (Lipinski definition) is 2. The van der Waals surface area contributed by atoms with Crippen molar-refractivity contribution in [2.45, 2.75) is 44.9 Å². The van der Waals surface area contributed by atoms with E-state index in [4.69, 9.17) is 5.73 Å². The second-order valence-electron chi connectivity index (χ2n) is 5.60. The van der Waals surface area contributed by atoms with Crippen LogP contribution in [0.15, 0.2) is 24.3 Å². The number of primary amides is 1. The van der Waals surface area contributed by atoms with Crippen LogP contribution in [-0.4, -0.2) is 11.8 Å². The van der Waals surface area contributed by atoms with E-state index in [9.17, 15) is 9.59 Å². The number of carbonyl (C=O) groups is 2. The van der Waals surface area contributed by atoms with E-state index >= 15 is 0 Å². The summed E-state index contributed by atoms with van der Waals surface area (Å²) in [6.45, 7) is 0. The lowest BCUT2D eigenvalue weighted by molar-refractivity contribution is -0.118. The highest BCUT2D eigenvalue weighted by molar-refractivity contribution is 5.90. The molecule has 0 radical (unpaired) electrons. The lowest BCUT2D eigenvalue weighted by Gasteiger charge is -2.20. The van der Waals surface area contributed by atoms with E-state index in [1.54, 1.807) is 0 Å². The van der Waals surface area contributed by atoms with E-state index in [1.807, 2.05) is 24.3 Å². The Kier molecular flexibility index (Phi) is 5.16. The molecule has 0 aliphatic heterocycles. The third-order valence-corrected chi connectivity index (χ3v) is 3.81. The SMILES string of the molecule is NC(=O)Cc1ccc(NC(=O)CC2CCCCC2)cc1. The van der Waals surface area contributed by atoms with Gasteiger partial charge in [-0.15, -0.1) is 0 Å². The molecule has 0 unspecified atom stereocenters. The first-order valence-corrected chi connectivity index (χ1v) is 7.30. The maximum absolute atomic E-state index is 12.0. The minimum atomic E-state index is -0.348. The molecule has 0 bridgehead atoms. The lowest BCUT2D eigenvalue weighted by atomic mass is 9.87. The highest BCUT2D eigenvalue weighted by atomic mass is 16.1. The van der Waals surface area contributed by atoms with Crippen LogP contribution in [0.2, 0.25) is 0 Å². The summed E-state index contributed by atoms with van der Waals surface area (Å²) in [5, 5.41) is 2.91. The maximum Gasteiger partial charge on any atom is 0.224 e. The second kappa shape index (κ2) is 7.08. The molecule has 1 aliphatic carbocycles. The minimum Gasteiger partial charge on any atom is -0.369 e. The highest BCUT2D eigenvalue weighted by Gasteiger charge is 2.16. The Morgan fingerprint density at radius 2 is 1.75 bits per heavy atom. The molecule has 4 nitrogen and oxygen atoms in total. The van der Waals surface area contributed by atoms with Gasteiger partial charge in [-0.3, -0.25) is 9.59 Å². The number of nitrogens with one attached hydrogen (secondary N) is 1. The summed E-state index contributed by atoms with van der Waals surface area (Å²) in [6, 6.07) is 7.27. The number of hydrogen-bond donors (Lipinski definition) is 2. The monoisotopic (exact) mass is 274 g/mol. The third kappa shape index (κ3) is 4.68. The number of nitrogens with two attached hydrogens (primary N) is 1. The van der Waals surface area contributed by atoms with Gasteiger partial charge in [-0.05, 0) is 36.5 Å². The summed E-state index contributed by atoms with van der Waals surface area (Å²) in [5.74, 6) is 0.275. The van der Waals surface area contributed by atoms with E-state index in [0.29, 0.717) is 12.3 Å². The third-order valence-electron chi connectivity index (χ3n) is 3.81. The Morgan fingerprint density at radius 1 is 1.10 bits per heavy atom. The van der Waals surface area contributed by atoms with Gasteiger partial charge in [0, 0.05) is 12.1 Å². The Morgan fingerprint density at radius 3 is 2.35 bits per heavy atom. The van der Waals surface area contributed by atoms with Crippen LogP contribution in [0.5, 0.6) is 0 Å². The van der Waals surface area contributed by atoms with Crippen LogP contribution in [0, 0.1) is 5.92 Å². The van der Waals surface area contributed by atoms with Gasteiger partial charge in [0.2, 0.25) is 11.8 Å². The quantitative estimate of drug-likeness (QED) is 0.866. The van der Waals surface area contributed by atoms with Gasteiger partial charge in [0.05, 0.1) is 6.42 Å². The zero-order valence-electron chi connectivity index (χ0n) is 11.7. The van der Waals surface area contributed by atoms with Gasteiger partial charge < -0.3 is 11.1 Å². The van der Waals surface area contributed by atoms with Gasteiger partial charge in [-0.25, -0.2) is 0 Å². The van der Waals surface area contributed by atoms with Crippen molar-refractivity contribution in [1.82, 2.24) is 0 Å². The molecule has 0 aromatic heterocycles. The smallest absolute Gasteiger partial charge is 0.224 e. The first-order valence-electron chi connectivity index (χ1n) is 7.30. The molecule has 2 rings (SSSR count). The van der Waals surface area contributed by atoms with E-state index < -0.39 is 0 Å². The van der Waals surface area contributed by atoms with Crippen LogP contribution in [-0.2, 0) is 16.0 Å². The van der Waals surface area contributed by atoms with Crippen LogP contribution in [0.1, 0.15) is 44.1 Å². The zero-order valence-corrected chi connectivity index (χ0v) is 11.7. The lowest BCUT2D eigenvalue weighted by Crippen LogP contribution is -2.18. The number of rotatable bonds is 5. The summed E-state index contributed by atoms with van der Waals surface area (Å²) < 4.78 is 0. The second-order valence-corrected chi connectivity index (χ2v) is 5.60.